The van der Waals surface area contributed by atoms with Gasteiger partial charge >= 0.3 is 0 Å². The average molecular weight is 288 g/mol. The van der Waals surface area contributed by atoms with Crippen molar-refractivity contribution in [2.45, 2.75) is 6.92 Å². The molecule has 0 saturated carbocycles. The first kappa shape index (κ1) is 13.0. The number of aromatic hydroxyl groups is 2. The van der Waals surface area contributed by atoms with Gasteiger partial charge in [-0.05, 0) is 12.5 Å². The van der Waals surface area contributed by atoms with E-state index in [0.717, 1.165) is 0 Å². The van der Waals surface area contributed by atoms with Crippen LogP contribution in [0.15, 0.2) is 24.3 Å². The fraction of sp³-hybridized carbons (Fsp3) is 0.143. The lowest BCUT2D eigenvalue weighted by Crippen LogP contribution is -2.39. The molecular weight excluding hydrogens is 276 g/mol. The summed E-state index contributed by atoms with van der Waals surface area (Å²) in [6.45, 7) is 1.62. The van der Waals surface area contributed by atoms with E-state index in [1.807, 2.05) is 0 Å². The molecule has 1 heterocycles. The van der Waals surface area contributed by atoms with E-state index >= 15 is 0 Å². The van der Waals surface area contributed by atoms with Gasteiger partial charge in [0.2, 0.25) is 0 Å². The summed E-state index contributed by atoms with van der Waals surface area (Å²) in [6.07, 6.45) is 0. The second-order valence-electron chi connectivity index (χ2n) is 4.73. The Bertz CT molecular complexity index is 892. The molecule has 0 unspecified atom stereocenters. The molecule has 7 nitrogen and oxygen atoms in total. The summed E-state index contributed by atoms with van der Waals surface area (Å²) in [5.41, 5.74) is 0.672. The Kier molecular flexibility index (Phi) is 2.65. The van der Waals surface area contributed by atoms with Crippen LogP contribution in [-0.2, 0) is 0 Å². The zero-order valence-electron chi connectivity index (χ0n) is 11.3. The van der Waals surface area contributed by atoms with Gasteiger partial charge in [-0.25, -0.2) is 0 Å². The highest BCUT2D eigenvalue weighted by Crippen LogP contribution is 2.30. The van der Waals surface area contributed by atoms with Crippen molar-refractivity contribution >= 4 is 22.1 Å². The molecular formula is C14H12N2O5. The van der Waals surface area contributed by atoms with Gasteiger partial charge in [-0.15, -0.1) is 0 Å². The summed E-state index contributed by atoms with van der Waals surface area (Å²) in [4.78, 5) is 0. The first-order valence-corrected chi connectivity index (χ1v) is 6.13. The van der Waals surface area contributed by atoms with Gasteiger partial charge in [-0.3, -0.25) is 0 Å². The number of methoxy groups -OCH3 is 1. The molecule has 0 bridgehead atoms. The van der Waals surface area contributed by atoms with Crippen molar-refractivity contribution in [3.8, 4) is 17.2 Å². The summed E-state index contributed by atoms with van der Waals surface area (Å²) in [7, 11) is 1.34. The molecule has 0 fully saturated rings. The maximum Gasteiger partial charge on any atom is 0.294 e. The molecule has 1 aromatic heterocycles. The van der Waals surface area contributed by atoms with Gasteiger partial charge in [0, 0.05) is 6.07 Å². The fourth-order valence-corrected chi connectivity index (χ4v) is 2.29. The van der Waals surface area contributed by atoms with Crippen LogP contribution < -0.4 is 14.2 Å². The molecule has 0 saturated heterocycles. The van der Waals surface area contributed by atoms with E-state index in [2.05, 4.69) is 0 Å². The maximum absolute atomic E-state index is 12.4. The fourth-order valence-electron chi connectivity index (χ4n) is 2.29. The van der Waals surface area contributed by atoms with Crippen molar-refractivity contribution < 1.29 is 24.4 Å². The van der Waals surface area contributed by atoms with Crippen molar-refractivity contribution in [3.63, 3.8) is 0 Å². The van der Waals surface area contributed by atoms with Crippen LogP contribution in [0.1, 0.15) is 5.56 Å². The highest BCUT2D eigenvalue weighted by Gasteiger charge is 2.24. The number of benzene rings is 2. The van der Waals surface area contributed by atoms with E-state index in [-0.39, 0.29) is 39.3 Å². The molecule has 0 atom stereocenters. The van der Waals surface area contributed by atoms with Crippen LogP contribution in [0.4, 0.5) is 0 Å². The van der Waals surface area contributed by atoms with Gasteiger partial charge in [-0.2, -0.15) is 9.46 Å². The van der Waals surface area contributed by atoms with Crippen LogP contribution in [0.25, 0.3) is 22.1 Å². The van der Waals surface area contributed by atoms with Gasteiger partial charge in [0.25, 0.3) is 22.1 Å². The largest absolute Gasteiger partial charge is 0.617 e. The Labute approximate surface area is 119 Å². The Balaban J connectivity index is 2.56. The van der Waals surface area contributed by atoms with Gasteiger partial charge in [0.05, 0.1) is 25.3 Å². The molecule has 3 rings (SSSR count). The van der Waals surface area contributed by atoms with Gasteiger partial charge in [0.15, 0.2) is 11.5 Å². The smallest absolute Gasteiger partial charge is 0.294 e. The van der Waals surface area contributed by atoms with Crippen LogP contribution in [-0.4, -0.2) is 17.3 Å². The number of hydrogen-bond acceptors (Lipinski definition) is 5. The minimum absolute atomic E-state index is 0.0147. The number of phenolic OH excluding ortho intramolecular Hbond substituents is 2. The van der Waals surface area contributed by atoms with Crippen molar-refractivity contribution in [3.05, 3.63) is 40.2 Å². The number of fused-ring (bicyclic) bond motifs is 2. The Morgan fingerprint density at radius 2 is 1.33 bits per heavy atom. The molecule has 0 spiro atoms. The standard InChI is InChI=1S/C14H12N2O5/c1-7-3-8-9(4-12(7)17)16(20)11-6-14(21-2)13(18)5-10(11)15(8)19/h3-6,17-18H,1-2H3. The third kappa shape index (κ3) is 1.74. The number of aromatic nitrogens is 2. The zero-order valence-corrected chi connectivity index (χ0v) is 11.3. The lowest BCUT2D eigenvalue weighted by Gasteiger charge is -2.10. The van der Waals surface area contributed by atoms with Crippen molar-refractivity contribution in [2.24, 2.45) is 0 Å². The number of phenols is 2. The second-order valence-corrected chi connectivity index (χ2v) is 4.73. The summed E-state index contributed by atoms with van der Waals surface area (Å²) in [5.74, 6) is -0.218. The third-order valence-corrected chi connectivity index (χ3v) is 3.44. The van der Waals surface area contributed by atoms with E-state index < -0.39 is 0 Å². The van der Waals surface area contributed by atoms with Gasteiger partial charge < -0.3 is 25.4 Å². The van der Waals surface area contributed by atoms with Gasteiger partial charge in [0.1, 0.15) is 5.75 Å². The van der Waals surface area contributed by atoms with Crippen LogP contribution in [0, 0.1) is 17.3 Å². The molecule has 0 amide bonds. The summed E-state index contributed by atoms with van der Waals surface area (Å²) >= 11 is 0. The normalized spacial score (nSPS) is 11.1. The zero-order chi connectivity index (χ0) is 15.3. The van der Waals surface area contributed by atoms with E-state index in [4.69, 9.17) is 4.74 Å². The number of ether oxygens (including phenoxy) is 1. The first-order valence-electron chi connectivity index (χ1n) is 6.13. The van der Waals surface area contributed by atoms with E-state index in [0.29, 0.717) is 15.0 Å². The monoisotopic (exact) mass is 288 g/mol. The quantitative estimate of drug-likeness (QED) is 0.395. The number of nitrogens with zero attached hydrogens (tertiary/aromatic N) is 2. The molecule has 108 valence electrons. The lowest BCUT2D eigenvalue weighted by molar-refractivity contribution is -0.591. The number of rotatable bonds is 1. The third-order valence-electron chi connectivity index (χ3n) is 3.44. The minimum Gasteiger partial charge on any atom is -0.617 e. The van der Waals surface area contributed by atoms with Crippen LogP contribution in [0.3, 0.4) is 0 Å². The second kappa shape index (κ2) is 4.27. The van der Waals surface area contributed by atoms with Crippen LogP contribution in [0.5, 0.6) is 17.2 Å². The predicted octanol–water partition coefficient (Wildman–Crippen LogP) is 0.988. The highest BCUT2D eigenvalue weighted by molar-refractivity contribution is 5.80. The average Bonchev–Trinajstić information content (AvgIpc) is 2.46. The number of aryl methyl sites for hydroxylation is 1. The maximum atomic E-state index is 12.4. The Hall–Kier alpha value is -2.96. The lowest BCUT2D eigenvalue weighted by atomic mass is 10.1. The summed E-state index contributed by atoms with van der Waals surface area (Å²) < 4.78 is 6.01. The number of hydrogen-bond donors (Lipinski definition) is 2. The molecule has 2 aromatic carbocycles. The molecule has 0 aliphatic rings. The molecule has 0 aliphatic heterocycles. The topological polar surface area (TPSA) is 104 Å². The highest BCUT2D eigenvalue weighted by atomic mass is 16.5. The molecule has 0 aliphatic carbocycles. The van der Waals surface area contributed by atoms with Crippen molar-refractivity contribution in [1.29, 1.82) is 0 Å². The van der Waals surface area contributed by atoms with Crippen molar-refractivity contribution in [1.82, 2.24) is 0 Å². The van der Waals surface area contributed by atoms with E-state index in [1.165, 1.54) is 31.4 Å². The SMILES string of the molecule is COc1cc2c(cc1O)[n+]([O-])c1cc(C)c(O)cc1[n+]2[O-]. The first-order chi connectivity index (χ1) is 9.93. The van der Waals surface area contributed by atoms with E-state index in [1.54, 1.807) is 6.92 Å². The van der Waals surface area contributed by atoms with E-state index in [9.17, 15) is 20.6 Å². The van der Waals surface area contributed by atoms with Crippen LogP contribution in [0.2, 0.25) is 0 Å². The Morgan fingerprint density at radius 3 is 1.90 bits per heavy atom. The Morgan fingerprint density at radius 1 is 0.857 bits per heavy atom. The molecule has 3 aromatic rings. The summed E-state index contributed by atoms with van der Waals surface area (Å²) in [5, 5.41) is 44.3. The molecule has 7 heteroatoms. The van der Waals surface area contributed by atoms with Crippen molar-refractivity contribution in [2.75, 3.05) is 7.11 Å². The molecule has 2 N–H and O–H groups in total. The molecule has 21 heavy (non-hydrogen) atoms. The predicted molar refractivity (Wildman–Crippen MR) is 74.0 cm³/mol. The van der Waals surface area contributed by atoms with Crippen LogP contribution >= 0.6 is 0 Å². The summed E-state index contributed by atoms with van der Waals surface area (Å²) in [6, 6.07) is 5.12. The molecule has 0 radical (unpaired) electrons. The van der Waals surface area contributed by atoms with Gasteiger partial charge in [-0.1, -0.05) is 0 Å². The minimum atomic E-state index is -0.232.